The van der Waals surface area contributed by atoms with Gasteiger partial charge in [0.05, 0.1) is 5.02 Å². The van der Waals surface area contributed by atoms with E-state index in [-0.39, 0.29) is 12.3 Å². The van der Waals surface area contributed by atoms with E-state index in [1.54, 1.807) is 6.07 Å². The van der Waals surface area contributed by atoms with Gasteiger partial charge in [0.25, 0.3) is 0 Å². The van der Waals surface area contributed by atoms with E-state index in [4.69, 9.17) is 11.6 Å². The van der Waals surface area contributed by atoms with Gasteiger partial charge in [-0.15, -0.1) is 10.2 Å². The highest BCUT2D eigenvalue weighted by molar-refractivity contribution is 6.33. The number of rotatable bonds is 4. The molecule has 0 amide bonds. The average molecular weight is 341 g/mol. The summed E-state index contributed by atoms with van der Waals surface area (Å²) in [4.78, 5) is 13.9. The Labute approximate surface area is 145 Å². The van der Waals surface area contributed by atoms with E-state index in [0.29, 0.717) is 22.0 Å². The van der Waals surface area contributed by atoms with Crippen LogP contribution in [0.5, 0.6) is 0 Å². The molecule has 0 aliphatic carbocycles. The lowest BCUT2D eigenvalue weighted by Crippen LogP contribution is -2.14. The van der Waals surface area contributed by atoms with Gasteiger partial charge in [0, 0.05) is 11.1 Å². The molecule has 0 spiro atoms. The Morgan fingerprint density at radius 1 is 1.08 bits per heavy atom. The predicted molar refractivity (Wildman–Crippen MR) is 93.2 cm³/mol. The number of benzene rings is 2. The molecule has 0 fully saturated rings. The Bertz CT molecular complexity index is 917. The number of hydrogen-bond donors (Lipinski definition) is 0. The van der Waals surface area contributed by atoms with E-state index in [0.717, 1.165) is 11.1 Å². The fraction of sp³-hybridized carbons (Fsp3) is 0.222. The van der Waals surface area contributed by atoms with Gasteiger partial charge < -0.3 is 0 Å². The Morgan fingerprint density at radius 2 is 1.79 bits per heavy atom. The van der Waals surface area contributed by atoms with Crippen LogP contribution >= 0.6 is 11.6 Å². The standard InChI is InChI=1S/C18H17ClN4O/c1-11-8-13(3)15(9-12(11)2)17(24)10-23-21-18(20-22-23)14-6-4-5-7-16(14)19/h4-9H,10H2,1-3H3. The van der Waals surface area contributed by atoms with Crippen LogP contribution in [0.3, 0.4) is 0 Å². The maximum absolute atomic E-state index is 12.6. The largest absolute Gasteiger partial charge is 0.292 e. The van der Waals surface area contributed by atoms with Crippen LogP contribution < -0.4 is 0 Å². The second kappa shape index (κ2) is 6.53. The number of carbonyl (C=O) groups excluding carboxylic acids is 1. The van der Waals surface area contributed by atoms with Gasteiger partial charge in [0.1, 0.15) is 6.54 Å². The number of Topliss-reactive ketones (excluding diaryl/α,β-unsaturated/α-hetero) is 1. The highest BCUT2D eigenvalue weighted by Crippen LogP contribution is 2.23. The number of tetrazole rings is 1. The first kappa shape index (κ1) is 16.3. The molecular formula is C18H17ClN4O. The van der Waals surface area contributed by atoms with Gasteiger partial charge in [-0.05, 0) is 60.9 Å². The molecule has 0 radical (unpaired) electrons. The molecule has 0 unspecified atom stereocenters. The summed E-state index contributed by atoms with van der Waals surface area (Å²) in [5.41, 5.74) is 4.60. The molecule has 3 aromatic rings. The third-order valence-electron chi connectivity index (χ3n) is 3.99. The zero-order chi connectivity index (χ0) is 17.3. The van der Waals surface area contributed by atoms with Crippen LogP contribution in [0, 0.1) is 20.8 Å². The van der Waals surface area contributed by atoms with Crippen LogP contribution in [0.15, 0.2) is 36.4 Å². The van der Waals surface area contributed by atoms with Crippen molar-refractivity contribution in [2.45, 2.75) is 27.3 Å². The molecule has 5 nitrogen and oxygen atoms in total. The van der Waals surface area contributed by atoms with Gasteiger partial charge >= 0.3 is 0 Å². The van der Waals surface area contributed by atoms with Gasteiger partial charge in [-0.25, -0.2) is 0 Å². The number of aryl methyl sites for hydroxylation is 3. The molecule has 0 saturated carbocycles. The molecule has 0 aliphatic rings. The van der Waals surface area contributed by atoms with Crippen molar-refractivity contribution in [1.82, 2.24) is 20.2 Å². The normalized spacial score (nSPS) is 10.8. The first-order chi connectivity index (χ1) is 11.5. The molecule has 6 heteroatoms. The number of hydrogen-bond acceptors (Lipinski definition) is 4. The lowest BCUT2D eigenvalue weighted by molar-refractivity contribution is 0.0960. The molecule has 0 aliphatic heterocycles. The maximum Gasteiger partial charge on any atom is 0.206 e. The fourth-order valence-corrected chi connectivity index (χ4v) is 2.76. The van der Waals surface area contributed by atoms with Crippen LogP contribution in [0.25, 0.3) is 11.4 Å². The minimum absolute atomic E-state index is 0.0425. The van der Waals surface area contributed by atoms with Crippen molar-refractivity contribution in [1.29, 1.82) is 0 Å². The van der Waals surface area contributed by atoms with Crippen molar-refractivity contribution in [2.24, 2.45) is 0 Å². The Balaban J connectivity index is 1.84. The number of halogens is 1. The SMILES string of the molecule is Cc1cc(C)c(C(=O)Cn2nnc(-c3ccccc3Cl)n2)cc1C. The van der Waals surface area contributed by atoms with Crippen LogP contribution in [0.1, 0.15) is 27.0 Å². The molecule has 0 N–H and O–H groups in total. The van der Waals surface area contributed by atoms with E-state index in [1.807, 2.05) is 51.1 Å². The van der Waals surface area contributed by atoms with Crippen molar-refractivity contribution in [3.8, 4) is 11.4 Å². The molecular weight excluding hydrogens is 324 g/mol. The highest BCUT2D eigenvalue weighted by Gasteiger charge is 2.15. The summed E-state index contributed by atoms with van der Waals surface area (Å²) in [6.45, 7) is 6.00. The van der Waals surface area contributed by atoms with Crippen LogP contribution in [0.2, 0.25) is 5.02 Å². The van der Waals surface area contributed by atoms with Gasteiger partial charge in [0.2, 0.25) is 5.82 Å². The second-order valence-corrected chi connectivity index (χ2v) is 6.21. The first-order valence-corrected chi connectivity index (χ1v) is 7.97. The van der Waals surface area contributed by atoms with Gasteiger partial charge in [-0.1, -0.05) is 29.8 Å². The van der Waals surface area contributed by atoms with Crippen LogP contribution in [-0.4, -0.2) is 26.0 Å². The topological polar surface area (TPSA) is 60.7 Å². The molecule has 2 aromatic carbocycles. The van der Waals surface area contributed by atoms with Crippen molar-refractivity contribution in [3.05, 3.63) is 63.7 Å². The molecule has 24 heavy (non-hydrogen) atoms. The summed E-state index contributed by atoms with van der Waals surface area (Å²) in [7, 11) is 0. The minimum Gasteiger partial charge on any atom is -0.292 e. The number of carbonyl (C=O) groups is 1. The van der Waals surface area contributed by atoms with E-state index >= 15 is 0 Å². The third-order valence-corrected chi connectivity index (χ3v) is 4.32. The van der Waals surface area contributed by atoms with Crippen LogP contribution in [-0.2, 0) is 6.54 Å². The van der Waals surface area contributed by atoms with Gasteiger partial charge in [-0.2, -0.15) is 4.80 Å². The molecule has 1 heterocycles. The Hall–Kier alpha value is -2.53. The molecule has 0 saturated heterocycles. The third kappa shape index (κ3) is 3.21. The van der Waals surface area contributed by atoms with E-state index in [1.165, 1.54) is 10.4 Å². The molecule has 1 aromatic heterocycles. The number of ketones is 1. The summed E-state index contributed by atoms with van der Waals surface area (Å²) in [5.74, 6) is 0.365. The smallest absolute Gasteiger partial charge is 0.206 e. The van der Waals surface area contributed by atoms with Gasteiger partial charge in [-0.3, -0.25) is 4.79 Å². The van der Waals surface area contributed by atoms with Crippen molar-refractivity contribution in [2.75, 3.05) is 0 Å². The van der Waals surface area contributed by atoms with E-state index in [9.17, 15) is 4.79 Å². The second-order valence-electron chi connectivity index (χ2n) is 5.80. The van der Waals surface area contributed by atoms with Crippen molar-refractivity contribution >= 4 is 17.4 Å². The summed E-state index contributed by atoms with van der Waals surface area (Å²) >= 11 is 6.14. The van der Waals surface area contributed by atoms with E-state index in [2.05, 4.69) is 15.4 Å². The first-order valence-electron chi connectivity index (χ1n) is 7.59. The average Bonchev–Trinajstić information content (AvgIpc) is 2.99. The van der Waals surface area contributed by atoms with Crippen LogP contribution in [0.4, 0.5) is 0 Å². The summed E-state index contributed by atoms with van der Waals surface area (Å²) in [5, 5.41) is 12.8. The molecule has 0 bridgehead atoms. The quantitative estimate of drug-likeness (QED) is 0.678. The summed E-state index contributed by atoms with van der Waals surface area (Å²) < 4.78 is 0. The predicted octanol–water partition coefficient (Wildman–Crippen LogP) is 3.80. The highest BCUT2D eigenvalue weighted by atomic mass is 35.5. The number of nitrogens with zero attached hydrogens (tertiary/aromatic N) is 4. The number of aromatic nitrogens is 4. The maximum atomic E-state index is 12.6. The lowest BCUT2D eigenvalue weighted by Gasteiger charge is -2.08. The Kier molecular flexibility index (Phi) is 4.44. The zero-order valence-corrected chi connectivity index (χ0v) is 14.5. The van der Waals surface area contributed by atoms with Crippen molar-refractivity contribution in [3.63, 3.8) is 0 Å². The summed E-state index contributed by atoms with van der Waals surface area (Å²) in [6.07, 6.45) is 0. The van der Waals surface area contributed by atoms with Gasteiger partial charge in [0.15, 0.2) is 5.78 Å². The lowest BCUT2D eigenvalue weighted by atomic mass is 9.98. The van der Waals surface area contributed by atoms with E-state index < -0.39 is 0 Å². The zero-order valence-electron chi connectivity index (χ0n) is 13.7. The monoisotopic (exact) mass is 340 g/mol. The fourth-order valence-electron chi connectivity index (χ4n) is 2.54. The molecule has 0 atom stereocenters. The molecule has 122 valence electrons. The minimum atomic E-state index is -0.0429. The molecule has 3 rings (SSSR count). The summed E-state index contributed by atoms with van der Waals surface area (Å²) in [6, 6.07) is 11.2. The Morgan fingerprint density at radius 3 is 2.54 bits per heavy atom. The van der Waals surface area contributed by atoms with Crippen molar-refractivity contribution < 1.29 is 4.79 Å².